The van der Waals surface area contributed by atoms with Crippen molar-refractivity contribution in [2.24, 2.45) is 0 Å². The minimum atomic E-state index is -0.313. The summed E-state index contributed by atoms with van der Waals surface area (Å²) in [5.74, 6) is 2.63. The highest BCUT2D eigenvalue weighted by Gasteiger charge is 2.21. The van der Waals surface area contributed by atoms with Crippen LogP contribution >= 0.6 is 0 Å². The lowest BCUT2D eigenvalue weighted by Gasteiger charge is -2.36. The summed E-state index contributed by atoms with van der Waals surface area (Å²) in [5, 5.41) is 11.9. The van der Waals surface area contributed by atoms with Crippen LogP contribution in [-0.2, 0) is 6.61 Å². The molecule has 1 fully saturated rings. The molecule has 0 bridgehead atoms. The maximum absolute atomic E-state index is 14.8. The van der Waals surface area contributed by atoms with Crippen molar-refractivity contribution in [2.75, 3.05) is 61.8 Å². The van der Waals surface area contributed by atoms with Crippen molar-refractivity contribution >= 4 is 23.4 Å². The average molecular weight is 535 g/mol. The van der Waals surface area contributed by atoms with E-state index in [0.717, 1.165) is 19.6 Å². The van der Waals surface area contributed by atoms with Crippen LogP contribution in [0.2, 0.25) is 0 Å². The maximum Gasteiger partial charge on any atom is 0.259 e. The summed E-state index contributed by atoms with van der Waals surface area (Å²) in [7, 11) is 1.91. The number of rotatable bonds is 9. The van der Waals surface area contributed by atoms with Gasteiger partial charge >= 0.3 is 0 Å². The van der Waals surface area contributed by atoms with E-state index < -0.39 is 0 Å². The maximum atomic E-state index is 14.8. The number of aromatic nitrogens is 8. The molecule has 1 aliphatic heterocycles. The number of nitrogen functional groups attached to an aromatic ring is 1. The van der Waals surface area contributed by atoms with E-state index in [-0.39, 0.29) is 18.4 Å². The second-order valence-corrected chi connectivity index (χ2v) is 9.09. The zero-order valence-electron chi connectivity index (χ0n) is 21.2. The number of halogens is 1. The van der Waals surface area contributed by atoms with Crippen LogP contribution in [0.5, 0.6) is 5.75 Å². The van der Waals surface area contributed by atoms with Gasteiger partial charge < -0.3 is 29.7 Å². The first kappa shape index (κ1) is 24.5. The van der Waals surface area contributed by atoms with Gasteiger partial charge in [-0.05, 0) is 24.3 Å². The Labute approximate surface area is 222 Å². The number of H-pyrrole nitrogens is 1. The number of likely N-dealkylation sites (N-methyl/N-ethyl adjacent to an activating group) is 1. The molecule has 0 atom stereocenters. The Morgan fingerprint density at radius 1 is 1.15 bits per heavy atom. The van der Waals surface area contributed by atoms with Crippen molar-refractivity contribution in [2.45, 2.75) is 6.61 Å². The van der Waals surface area contributed by atoms with Gasteiger partial charge in [-0.25, -0.2) is 4.39 Å². The number of piperazine rings is 1. The van der Waals surface area contributed by atoms with Gasteiger partial charge in [-0.15, -0.1) is 15.3 Å². The smallest absolute Gasteiger partial charge is 0.259 e. The van der Waals surface area contributed by atoms with E-state index >= 15 is 0 Å². The molecule has 1 aromatic carbocycles. The third-order valence-electron chi connectivity index (χ3n) is 6.53. The van der Waals surface area contributed by atoms with Crippen LogP contribution in [0.1, 0.15) is 5.82 Å². The molecule has 15 heteroatoms. The minimum absolute atomic E-state index is 0.192. The molecule has 1 aliphatic rings. The fourth-order valence-corrected chi connectivity index (χ4v) is 4.37. The molecule has 39 heavy (non-hydrogen) atoms. The summed E-state index contributed by atoms with van der Waals surface area (Å²) in [5.41, 5.74) is 6.69. The normalized spacial score (nSPS) is 14.3. The highest BCUT2D eigenvalue weighted by molar-refractivity contribution is 5.53. The third kappa shape index (κ3) is 5.29. The van der Waals surface area contributed by atoms with Crippen molar-refractivity contribution in [1.29, 1.82) is 0 Å². The Balaban J connectivity index is 1.02. The van der Waals surface area contributed by atoms with Gasteiger partial charge in [0.2, 0.25) is 17.7 Å². The zero-order chi connectivity index (χ0) is 26.8. The Morgan fingerprint density at radius 2 is 2.03 bits per heavy atom. The highest BCUT2D eigenvalue weighted by Crippen LogP contribution is 2.26. The SMILES string of the molecule is CN(CCN1CCN(c2ccc(OCc3nnc[nH]3)cc2F)CC1)c1nc(N)n2nc(-c3ccco3)nc2n1. The van der Waals surface area contributed by atoms with Gasteiger partial charge in [0.1, 0.15) is 24.5 Å². The monoisotopic (exact) mass is 534 g/mol. The first-order chi connectivity index (χ1) is 19.0. The number of nitrogens with one attached hydrogen (secondary N) is 1. The molecule has 0 aliphatic carbocycles. The summed E-state index contributed by atoms with van der Waals surface area (Å²) < 4.78 is 27.2. The largest absolute Gasteiger partial charge is 0.486 e. The van der Waals surface area contributed by atoms with Gasteiger partial charge in [-0.1, -0.05) is 0 Å². The molecule has 5 heterocycles. The Hall–Kier alpha value is -4.79. The molecule has 1 saturated heterocycles. The number of hydrogen-bond acceptors (Lipinski definition) is 12. The molecule has 0 unspecified atom stereocenters. The van der Waals surface area contributed by atoms with E-state index in [0.29, 0.717) is 60.2 Å². The molecular formula is C24H27FN12O2. The molecule has 202 valence electrons. The van der Waals surface area contributed by atoms with Crippen LogP contribution < -0.4 is 20.3 Å². The summed E-state index contributed by atoms with van der Waals surface area (Å²) in [6.07, 6.45) is 3.03. The van der Waals surface area contributed by atoms with Gasteiger partial charge in [0, 0.05) is 52.4 Å². The number of aromatic amines is 1. The van der Waals surface area contributed by atoms with Crippen molar-refractivity contribution < 1.29 is 13.5 Å². The van der Waals surface area contributed by atoms with Crippen LogP contribution in [0.3, 0.4) is 0 Å². The number of nitrogens with two attached hydrogens (primary N) is 1. The molecule has 0 radical (unpaired) electrons. The topological polar surface area (TPSA) is 156 Å². The van der Waals surface area contributed by atoms with Crippen LogP contribution in [0.4, 0.5) is 22.0 Å². The van der Waals surface area contributed by atoms with Crippen LogP contribution in [0, 0.1) is 5.82 Å². The van der Waals surface area contributed by atoms with Gasteiger partial charge in [0.05, 0.1) is 12.0 Å². The lowest BCUT2D eigenvalue weighted by atomic mass is 10.2. The molecule has 5 aromatic rings. The number of benzene rings is 1. The van der Waals surface area contributed by atoms with E-state index in [9.17, 15) is 4.39 Å². The van der Waals surface area contributed by atoms with Crippen molar-refractivity contribution in [3.8, 4) is 17.3 Å². The average Bonchev–Trinajstić information content (AvgIpc) is 3.73. The summed E-state index contributed by atoms with van der Waals surface area (Å²) >= 11 is 0. The Bertz CT molecular complexity index is 1530. The molecule has 0 saturated carbocycles. The first-order valence-corrected chi connectivity index (χ1v) is 12.4. The van der Waals surface area contributed by atoms with Crippen molar-refractivity contribution in [1.82, 2.24) is 44.6 Å². The van der Waals surface area contributed by atoms with Gasteiger partial charge in [-0.2, -0.15) is 19.5 Å². The predicted octanol–water partition coefficient (Wildman–Crippen LogP) is 1.46. The Morgan fingerprint density at radius 3 is 2.77 bits per heavy atom. The number of nitrogens with zero attached hydrogens (tertiary/aromatic N) is 10. The number of anilines is 3. The summed E-state index contributed by atoms with van der Waals surface area (Å²) in [6, 6.07) is 8.47. The molecule has 0 spiro atoms. The van der Waals surface area contributed by atoms with E-state index in [2.05, 4.69) is 45.0 Å². The molecule has 14 nitrogen and oxygen atoms in total. The van der Waals surface area contributed by atoms with Crippen LogP contribution in [0.25, 0.3) is 17.4 Å². The fourth-order valence-electron chi connectivity index (χ4n) is 4.37. The van der Waals surface area contributed by atoms with Gasteiger partial charge in [0.25, 0.3) is 5.78 Å². The lowest BCUT2D eigenvalue weighted by Crippen LogP contribution is -2.48. The second-order valence-electron chi connectivity index (χ2n) is 9.09. The number of ether oxygens (including phenoxy) is 1. The van der Waals surface area contributed by atoms with Crippen molar-refractivity contribution in [3.63, 3.8) is 0 Å². The highest BCUT2D eigenvalue weighted by atomic mass is 19.1. The molecule has 6 rings (SSSR count). The quantitative estimate of drug-likeness (QED) is 0.281. The van der Waals surface area contributed by atoms with E-state index in [1.54, 1.807) is 30.5 Å². The lowest BCUT2D eigenvalue weighted by molar-refractivity contribution is 0.262. The second kappa shape index (κ2) is 10.5. The number of furan rings is 1. The fraction of sp³-hybridized carbons (Fsp3) is 0.333. The van der Waals surface area contributed by atoms with E-state index in [1.807, 2.05) is 11.9 Å². The van der Waals surface area contributed by atoms with E-state index in [1.165, 1.54) is 16.9 Å². The zero-order valence-corrected chi connectivity index (χ0v) is 21.2. The molecule has 3 N–H and O–H groups in total. The van der Waals surface area contributed by atoms with Crippen LogP contribution in [-0.4, -0.2) is 91.0 Å². The van der Waals surface area contributed by atoms with Gasteiger partial charge in [0.15, 0.2) is 11.6 Å². The minimum Gasteiger partial charge on any atom is -0.486 e. The third-order valence-corrected chi connectivity index (χ3v) is 6.53. The summed E-state index contributed by atoms with van der Waals surface area (Å²) in [4.78, 5) is 22.5. The van der Waals surface area contributed by atoms with Gasteiger partial charge in [-0.3, -0.25) is 4.90 Å². The number of fused-ring (bicyclic) bond motifs is 1. The number of hydrogen-bond donors (Lipinski definition) is 2. The van der Waals surface area contributed by atoms with Crippen LogP contribution in [0.15, 0.2) is 47.3 Å². The first-order valence-electron chi connectivity index (χ1n) is 12.4. The van der Waals surface area contributed by atoms with Crippen molar-refractivity contribution in [3.05, 3.63) is 54.6 Å². The Kier molecular flexibility index (Phi) is 6.62. The molecule has 4 aromatic heterocycles. The van der Waals surface area contributed by atoms with E-state index in [4.69, 9.17) is 14.9 Å². The molecule has 0 amide bonds. The standard InChI is InChI=1S/C24H27FN12O2/c1-34(23-30-22(26)37-24(31-23)29-21(33-37)19-3-2-12-38-19)6-7-35-8-10-36(11-9-35)18-5-4-16(13-17(18)25)39-14-20-27-15-28-32-20/h2-5,12-13,15H,6-11,14H2,1H3,(H,27,28,32)(H2,26,29,30,31,33). The summed E-state index contributed by atoms with van der Waals surface area (Å²) in [6.45, 7) is 4.70. The predicted molar refractivity (Wildman–Crippen MR) is 140 cm³/mol. The molecular weight excluding hydrogens is 507 g/mol.